The molecule has 1 heterocycles. The Morgan fingerprint density at radius 3 is 2.57 bits per heavy atom. The predicted molar refractivity (Wildman–Crippen MR) is 64.6 cm³/mol. The van der Waals surface area contributed by atoms with E-state index in [1.54, 1.807) is 6.92 Å². The molecular formula is C13H11F3N2O3. The molecule has 5 nitrogen and oxygen atoms in total. The van der Waals surface area contributed by atoms with Gasteiger partial charge in [-0.15, -0.1) is 0 Å². The Morgan fingerprint density at radius 2 is 1.95 bits per heavy atom. The van der Waals surface area contributed by atoms with Crippen LogP contribution in [-0.4, -0.2) is 35.2 Å². The normalized spacial score (nSPS) is 18.7. The van der Waals surface area contributed by atoms with E-state index in [9.17, 15) is 27.6 Å². The third-order valence-corrected chi connectivity index (χ3v) is 3.17. The van der Waals surface area contributed by atoms with Crippen molar-refractivity contribution in [2.24, 2.45) is 0 Å². The Bertz CT molecular complexity index is 633. The first kappa shape index (κ1) is 15.0. The summed E-state index contributed by atoms with van der Waals surface area (Å²) in [4.78, 5) is 36.0. The van der Waals surface area contributed by atoms with Crippen LogP contribution in [0.4, 0.5) is 13.2 Å². The molecule has 0 spiro atoms. The second-order valence-corrected chi connectivity index (χ2v) is 4.49. The third kappa shape index (κ3) is 2.61. The van der Waals surface area contributed by atoms with Gasteiger partial charge in [0.25, 0.3) is 5.91 Å². The number of carbonyl (C=O) groups excluding carboxylic acids is 3. The molecule has 112 valence electrons. The van der Waals surface area contributed by atoms with Crippen LogP contribution in [0, 0.1) is 17.5 Å². The van der Waals surface area contributed by atoms with Gasteiger partial charge in [0, 0.05) is 0 Å². The summed E-state index contributed by atoms with van der Waals surface area (Å²) >= 11 is 0. The van der Waals surface area contributed by atoms with Gasteiger partial charge in [0.15, 0.2) is 17.5 Å². The number of hydrogen-bond donors (Lipinski definition) is 1. The number of amides is 3. The van der Waals surface area contributed by atoms with E-state index in [1.807, 2.05) is 0 Å². The third-order valence-electron chi connectivity index (χ3n) is 3.17. The van der Waals surface area contributed by atoms with Crippen LogP contribution < -0.4 is 5.32 Å². The smallest absolute Gasteiger partial charge is 0.258 e. The predicted octanol–water partition coefficient (Wildman–Crippen LogP) is 0.981. The highest BCUT2D eigenvalue weighted by molar-refractivity contribution is 6.07. The number of benzene rings is 1. The molecule has 1 aromatic rings. The lowest BCUT2D eigenvalue weighted by Gasteiger charge is -2.33. The van der Waals surface area contributed by atoms with Gasteiger partial charge in [0.1, 0.15) is 12.6 Å². The molecule has 0 radical (unpaired) electrons. The Kier molecular flexibility index (Phi) is 3.97. The summed E-state index contributed by atoms with van der Waals surface area (Å²) in [6.45, 7) is 1.14. The van der Waals surface area contributed by atoms with Crippen molar-refractivity contribution >= 4 is 17.7 Å². The second-order valence-electron chi connectivity index (χ2n) is 4.49. The van der Waals surface area contributed by atoms with E-state index >= 15 is 0 Å². The fourth-order valence-corrected chi connectivity index (χ4v) is 2.13. The molecule has 21 heavy (non-hydrogen) atoms. The van der Waals surface area contributed by atoms with E-state index in [2.05, 4.69) is 5.32 Å². The Hall–Kier alpha value is -2.38. The average molecular weight is 300 g/mol. The van der Waals surface area contributed by atoms with E-state index in [-0.39, 0.29) is 6.42 Å². The first-order chi connectivity index (χ1) is 9.86. The van der Waals surface area contributed by atoms with Gasteiger partial charge in [-0.3, -0.25) is 19.7 Å². The average Bonchev–Trinajstić information content (AvgIpc) is 2.43. The second kappa shape index (κ2) is 5.55. The number of hydrogen-bond acceptors (Lipinski definition) is 3. The molecule has 1 aliphatic rings. The number of piperazine rings is 1. The van der Waals surface area contributed by atoms with Crippen molar-refractivity contribution in [2.75, 3.05) is 6.54 Å². The van der Waals surface area contributed by atoms with Crippen molar-refractivity contribution < 1.29 is 27.6 Å². The maximum atomic E-state index is 13.6. The van der Waals surface area contributed by atoms with E-state index in [0.29, 0.717) is 6.07 Å². The van der Waals surface area contributed by atoms with Crippen LogP contribution in [0.3, 0.4) is 0 Å². The fraction of sp³-hybridized carbons (Fsp3) is 0.308. The minimum Gasteiger partial charge on any atom is -0.317 e. The lowest BCUT2D eigenvalue weighted by molar-refractivity contribution is -0.138. The Labute approximate surface area is 117 Å². The van der Waals surface area contributed by atoms with Crippen LogP contribution in [0.2, 0.25) is 0 Å². The Morgan fingerprint density at radius 1 is 1.29 bits per heavy atom. The highest BCUT2D eigenvalue weighted by Crippen LogP contribution is 2.20. The number of halogens is 3. The summed E-state index contributed by atoms with van der Waals surface area (Å²) in [5, 5.41) is 2.05. The fourth-order valence-electron chi connectivity index (χ4n) is 2.13. The molecule has 0 aliphatic carbocycles. The molecule has 0 saturated carbocycles. The van der Waals surface area contributed by atoms with Crippen LogP contribution in [0.1, 0.15) is 23.7 Å². The molecule has 1 unspecified atom stereocenters. The minimum absolute atomic E-state index is 0.191. The van der Waals surface area contributed by atoms with E-state index in [4.69, 9.17) is 0 Å². The summed E-state index contributed by atoms with van der Waals surface area (Å²) in [6.07, 6.45) is 0.191. The van der Waals surface area contributed by atoms with Gasteiger partial charge in [0.2, 0.25) is 11.8 Å². The van der Waals surface area contributed by atoms with Gasteiger partial charge in [-0.1, -0.05) is 6.92 Å². The minimum atomic E-state index is -1.78. The van der Waals surface area contributed by atoms with Crippen molar-refractivity contribution in [1.82, 2.24) is 10.2 Å². The van der Waals surface area contributed by atoms with Gasteiger partial charge in [-0.05, 0) is 18.6 Å². The molecule has 0 bridgehead atoms. The first-order valence-electron chi connectivity index (χ1n) is 6.15. The Balaban J connectivity index is 2.40. The van der Waals surface area contributed by atoms with Gasteiger partial charge in [0.05, 0.1) is 5.56 Å². The van der Waals surface area contributed by atoms with Gasteiger partial charge in [-0.25, -0.2) is 13.2 Å². The molecule has 2 rings (SSSR count). The van der Waals surface area contributed by atoms with Crippen molar-refractivity contribution in [3.63, 3.8) is 0 Å². The van der Waals surface area contributed by atoms with Crippen molar-refractivity contribution in [3.8, 4) is 0 Å². The molecule has 8 heteroatoms. The molecule has 1 N–H and O–H groups in total. The molecule has 1 saturated heterocycles. The van der Waals surface area contributed by atoms with Crippen molar-refractivity contribution in [3.05, 3.63) is 35.1 Å². The number of rotatable bonds is 2. The van der Waals surface area contributed by atoms with Crippen molar-refractivity contribution in [2.45, 2.75) is 19.4 Å². The maximum absolute atomic E-state index is 13.6. The zero-order valence-electron chi connectivity index (χ0n) is 11.0. The van der Waals surface area contributed by atoms with E-state index in [1.165, 1.54) is 0 Å². The van der Waals surface area contributed by atoms with Gasteiger partial charge in [-0.2, -0.15) is 0 Å². The largest absolute Gasteiger partial charge is 0.317 e. The standard InChI is InChI=1S/C13H11F3N2O3/c1-2-8-12(20)17-9(19)5-18(8)13(21)6-3-4-7(14)11(16)10(6)15/h3-4,8H,2,5H2,1H3,(H,17,19,20). The SMILES string of the molecule is CCC1C(=O)NC(=O)CN1C(=O)c1ccc(F)c(F)c1F. The summed E-state index contributed by atoms with van der Waals surface area (Å²) in [5.41, 5.74) is -0.727. The van der Waals surface area contributed by atoms with E-state index < -0.39 is 53.3 Å². The summed E-state index contributed by atoms with van der Waals surface area (Å²) in [6, 6.07) is 0.417. The number of imide groups is 1. The summed E-state index contributed by atoms with van der Waals surface area (Å²) < 4.78 is 39.7. The zero-order valence-corrected chi connectivity index (χ0v) is 11.0. The molecule has 1 aliphatic heterocycles. The summed E-state index contributed by atoms with van der Waals surface area (Å²) in [5.74, 6) is -7.30. The molecule has 1 fully saturated rings. The lowest BCUT2D eigenvalue weighted by Crippen LogP contribution is -2.59. The lowest BCUT2D eigenvalue weighted by atomic mass is 10.1. The first-order valence-corrected chi connectivity index (χ1v) is 6.15. The monoisotopic (exact) mass is 300 g/mol. The highest BCUT2D eigenvalue weighted by atomic mass is 19.2. The van der Waals surface area contributed by atoms with Gasteiger partial charge < -0.3 is 4.90 Å². The number of nitrogens with one attached hydrogen (secondary N) is 1. The molecular weight excluding hydrogens is 289 g/mol. The molecule has 3 amide bonds. The quantitative estimate of drug-likeness (QED) is 0.654. The van der Waals surface area contributed by atoms with Crippen LogP contribution in [-0.2, 0) is 9.59 Å². The number of nitrogens with zero attached hydrogens (tertiary/aromatic N) is 1. The number of carbonyl (C=O) groups is 3. The van der Waals surface area contributed by atoms with Crippen LogP contribution >= 0.6 is 0 Å². The maximum Gasteiger partial charge on any atom is 0.258 e. The van der Waals surface area contributed by atoms with Crippen LogP contribution in [0.15, 0.2) is 12.1 Å². The molecule has 1 aromatic carbocycles. The van der Waals surface area contributed by atoms with Gasteiger partial charge >= 0.3 is 0 Å². The zero-order chi connectivity index (χ0) is 15.7. The summed E-state index contributed by atoms with van der Waals surface area (Å²) in [7, 11) is 0. The topological polar surface area (TPSA) is 66.5 Å². The molecule has 0 aromatic heterocycles. The van der Waals surface area contributed by atoms with Crippen LogP contribution in [0.25, 0.3) is 0 Å². The molecule has 1 atom stereocenters. The highest BCUT2D eigenvalue weighted by Gasteiger charge is 2.37. The van der Waals surface area contributed by atoms with Crippen molar-refractivity contribution in [1.29, 1.82) is 0 Å². The van der Waals surface area contributed by atoms with E-state index in [0.717, 1.165) is 11.0 Å². The van der Waals surface area contributed by atoms with Crippen LogP contribution in [0.5, 0.6) is 0 Å².